The fourth-order valence-electron chi connectivity index (χ4n) is 3.97. The lowest BCUT2D eigenvalue weighted by atomic mass is 9.88. The minimum absolute atomic E-state index is 0.348. The van der Waals surface area contributed by atoms with Gasteiger partial charge in [-0.05, 0) is 42.0 Å². The summed E-state index contributed by atoms with van der Waals surface area (Å²) in [6.07, 6.45) is -0.923. The molecule has 0 bridgehead atoms. The van der Waals surface area contributed by atoms with E-state index in [1.807, 2.05) is 42.5 Å². The molecule has 2 atom stereocenters. The Morgan fingerprint density at radius 2 is 1.65 bits per heavy atom. The first-order valence-corrected chi connectivity index (χ1v) is 9.88. The Kier molecular flexibility index (Phi) is 4.67. The lowest BCUT2D eigenvalue weighted by Crippen LogP contribution is -2.35. The van der Waals surface area contributed by atoms with E-state index in [9.17, 15) is 9.59 Å². The average molecular weight is 413 g/mol. The lowest BCUT2D eigenvalue weighted by Gasteiger charge is -2.18. The summed E-state index contributed by atoms with van der Waals surface area (Å²) in [6, 6.07) is 23.6. The first-order chi connectivity index (χ1) is 15.2. The summed E-state index contributed by atoms with van der Waals surface area (Å²) < 4.78 is 16.9. The third kappa shape index (κ3) is 3.32. The van der Waals surface area contributed by atoms with Gasteiger partial charge in [0, 0.05) is 5.69 Å². The van der Waals surface area contributed by atoms with Crippen LogP contribution in [-0.2, 0) is 4.79 Å². The average Bonchev–Trinajstić information content (AvgIpc) is 3.22. The van der Waals surface area contributed by atoms with Gasteiger partial charge in [0.15, 0.2) is 6.10 Å². The SMILES string of the molecule is COc1ccc(NC(=O)C2Oc3c(c(=O)oc4ccccc34)C2c2ccccc2)cc1. The van der Waals surface area contributed by atoms with E-state index in [1.165, 1.54) is 0 Å². The standard InChI is InChI=1S/C25H19NO5/c1-29-17-13-11-16(12-14-17)26-24(27)23-20(15-7-3-2-4-8-15)21-22(31-23)18-9-5-6-10-19(18)30-25(21)28/h2-14,20,23H,1H3,(H,26,27). The Bertz CT molecular complexity index is 1310. The molecule has 6 heteroatoms. The third-order valence-corrected chi connectivity index (χ3v) is 5.43. The van der Waals surface area contributed by atoms with Crippen LogP contribution in [0.5, 0.6) is 11.5 Å². The number of methoxy groups -OCH3 is 1. The Morgan fingerprint density at radius 1 is 0.935 bits per heavy atom. The lowest BCUT2D eigenvalue weighted by molar-refractivity contribution is -0.122. The van der Waals surface area contributed by atoms with Gasteiger partial charge in [-0.25, -0.2) is 4.79 Å². The summed E-state index contributed by atoms with van der Waals surface area (Å²) in [5.41, 5.74) is 1.70. The van der Waals surface area contributed by atoms with Crippen LogP contribution >= 0.6 is 0 Å². The van der Waals surface area contributed by atoms with E-state index in [0.717, 1.165) is 5.56 Å². The molecular formula is C25H19NO5. The topological polar surface area (TPSA) is 77.8 Å². The molecule has 0 saturated heterocycles. The van der Waals surface area contributed by atoms with Crippen LogP contribution in [0.25, 0.3) is 11.0 Å². The highest BCUT2D eigenvalue weighted by molar-refractivity contribution is 5.97. The molecule has 31 heavy (non-hydrogen) atoms. The highest BCUT2D eigenvalue weighted by Gasteiger charge is 2.44. The van der Waals surface area contributed by atoms with Crippen LogP contribution in [-0.4, -0.2) is 19.1 Å². The van der Waals surface area contributed by atoms with Crippen LogP contribution in [0.15, 0.2) is 88.1 Å². The minimum atomic E-state index is -0.923. The molecule has 1 aromatic heterocycles. The Morgan fingerprint density at radius 3 is 2.39 bits per heavy atom. The molecule has 1 aliphatic heterocycles. The maximum atomic E-state index is 13.3. The molecule has 1 N–H and O–H groups in total. The quantitative estimate of drug-likeness (QED) is 0.504. The number of rotatable bonds is 4. The van der Waals surface area contributed by atoms with Crippen LogP contribution < -0.4 is 20.4 Å². The molecule has 6 nitrogen and oxygen atoms in total. The highest BCUT2D eigenvalue weighted by Crippen LogP contribution is 2.44. The van der Waals surface area contributed by atoms with Crippen molar-refractivity contribution in [2.24, 2.45) is 0 Å². The van der Waals surface area contributed by atoms with E-state index in [4.69, 9.17) is 13.9 Å². The molecule has 2 heterocycles. The molecule has 0 fully saturated rings. The smallest absolute Gasteiger partial charge is 0.344 e. The van der Waals surface area contributed by atoms with Crippen LogP contribution in [0.2, 0.25) is 0 Å². The van der Waals surface area contributed by atoms with Crippen molar-refractivity contribution in [2.45, 2.75) is 12.0 Å². The maximum absolute atomic E-state index is 13.3. The van der Waals surface area contributed by atoms with Crippen molar-refractivity contribution in [1.82, 2.24) is 0 Å². The number of fused-ring (bicyclic) bond motifs is 3. The Labute approximate surface area is 178 Å². The van der Waals surface area contributed by atoms with Gasteiger partial charge in [0.2, 0.25) is 0 Å². The monoisotopic (exact) mass is 413 g/mol. The summed E-state index contributed by atoms with van der Waals surface area (Å²) in [6.45, 7) is 0. The van der Waals surface area contributed by atoms with Gasteiger partial charge in [-0.2, -0.15) is 0 Å². The van der Waals surface area contributed by atoms with Crippen LogP contribution in [0.1, 0.15) is 17.0 Å². The van der Waals surface area contributed by atoms with E-state index in [0.29, 0.717) is 33.7 Å². The van der Waals surface area contributed by atoms with Gasteiger partial charge in [0.05, 0.1) is 24.0 Å². The summed E-state index contributed by atoms with van der Waals surface area (Å²) in [4.78, 5) is 26.2. The van der Waals surface area contributed by atoms with Crippen molar-refractivity contribution in [3.05, 3.63) is 100 Å². The van der Waals surface area contributed by atoms with Crippen molar-refractivity contribution in [2.75, 3.05) is 12.4 Å². The van der Waals surface area contributed by atoms with E-state index >= 15 is 0 Å². The first-order valence-electron chi connectivity index (χ1n) is 9.88. The molecule has 0 spiro atoms. The van der Waals surface area contributed by atoms with Gasteiger partial charge in [-0.15, -0.1) is 0 Å². The molecule has 0 radical (unpaired) electrons. The summed E-state index contributed by atoms with van der Waals surface area (Å²) in [5, 5.41) is 3.55. The molecule has 1 aliphatic rings. The van der Waals surface area contributed by atoms with Crippen molar-refractivity contribution in [1.29, 1.82) is 0 Å². The van der Waals surface area contributed by atoms with Crippen LogP contribution in [0, 0.1) is 0 Å². The maximum Gasteiger partial charge on any atom is 0.344 e. The minimum Gasteiger partial charge on any atom is -0.497 e. The van der Waals surface area contributed by atoms with Crippen LogP contribution in [0.3, 0.4) is 0 Å². The zero-order valence-corrected chi connectivity index (χ0v) is 16.7. The van der Waals surface area contributed by atoms with E-state index < -0.39 is 17.6 Å². The molecule has 4 aromatic rings. The number of hydrogen-bond donors (Lipinski definition) is 1. The van der Waals surface area contributed by atoms with Gasteiger partial charge >= 0.3 is 5.63 Å². The predicted octanol–water partition coefficient (Wildman–Crippen LogP) is 4.33. The largest absolute Gasteiger partial charge is 0.497 e. The Hall–Kier alpha value is -4.06. The van der Waals surface area contributed by atoms with Gasteiger partial charge in [0.25, 0.3) is 5.91 Å². The van der Waals surface area contributed by atoms with Gasteiger partial charge in [0.1, 0.15) is 17.1 Å². The number of amides is 1. The van der Waals surface area contributed by atoms with Crippen molar-refractivity contribution in [3.8, 4) is 11.5 Å². The molecule has 0 saturated carbocycles. The van der Waals surface area contributed by atoms with Gasteiger partial charge in [-0.1, -0.05) is 42.5 Å². The summed E-state index contributed by atoms with van der Waals surface area (Å²) in [7, 11) is 1.58. The molecule has 1 amide bonds. The first kappa shape index (κ1) is 18.9. The zero-order valence-electron chi connectivity index (χ0n) is 16.7. The second-order valence-electron chi connectivity index (χ2n) is 7.27. The fourth-order valence-corrected chi connectivity index (χ4v) is 3.97. The molecular weight excluding hydrogens is 394 g/mol. The van der Waals surface area contributed by atoms with E-state index in [1.54, 1.807) is 43.5 Å². The van der Waals surface area contributed by atoms with Crippen molar-refractivity contribution in [3.63, 3.8) is 0 Å². The summed E-state index contributed by atoms with van der Waals surface area (Å²) in [5.74, 6) is 0.151. The number of benzene rings is 3. The van der Waals surface area contributed by atoms with Gasteiger partial charge in [-0.3, -0.25) is 4.79 Å². The van der Waals surface area contributed by atoms with Gasteiger partial charge < -0.3 is 19.2 Å². The molecule has 3 aromatic carbocycles. The Balaban J connectivity index is 1.59. The molecule has 2 unspecified atom stereocenters. The second kappa shape index (κ2) is 7.65. The predicted molar refractivity (Wildman–Crippen MR) is 117 cm³/mol. The number of ether oxygens (including phenoxy) is 2. The second-order valence-corrected chi connectivity index (χ2v) is 7.27. The molecule has 154 valence electrons. The number of hydrogen-bond acceptors (Lipinski definition) is 5. The van der Waals surface area contributed by atoms with Crippen LogP contribution in [0.4, 0.5) is 5.69 Å². The summed E-state index contributed by atoms with van der Waals surface area (Å²) >= 11 is 0. The fraction of sp³-hybridized carbons (Fsp3) is 0.120. The van der Waals surface area contributed by atoms with Crippen molar-refractivity contribution >= 4 is 22.6 Å². The number of nitrogens with one attached hydrogen (secondary N) is 1. The third-order valence-electron chi connectivity index (χ3n) is 5.43. The van der Waals surface area contributed by atoms with E-state index in [2.05, 4.69) is 5.32 Å². The molecule has 0 aliphatic carbocycles. The molecule has 5 rings (SSSR count). The number of carbonyl (C=O) groups is 1. The van der Waals surface area contributed by atoms with E-state index in [-0.39, 0.29) is 5.91 Å². The normalized spacial score (nSPS) is 17.1. The number of anilines is 1. The number of carbonyl (C=O) groups excluding carboxylic acids is 1. The van der Waals surface area contributed by atoms with Crippen molar-refractivity contribution < 1.29 is 18.7 Å². The zero-order chi connectivity index (χ0) is 21.4. The number of para-hydroxylation sites is 1. The highest BCUT2D eigenvalue weighted by atomic mass is 16.5.